The molecule has 3 aliphatic heterocycles. The first kappa shape index (κ1) is 12.4. The van der Waals surface area contributed by atoms with Gasteiger partial charge in [-0.2, -0.15) is 0 Å². The lowest BCUT2D eigenvalue weighted by molar-refractivity contribution is -0.149. The third kappa shape index (κ3) is 1.63. The van der Waals surface area contributed by atoms with Crippen LogP contribution in [-0.4, -0.2) is 22.0 Å². The summed E-state index contributed by atoms with van der Waals surface area (Å²) < 4.78 is 2.06. The number of para-hydroxylation sites is 1. The van der Waals surface area contributed by atoms with Gasteiger partial charge in [-0.25, -0.2) is 0 Å². The van der Waals surface area contributed by atoms with E-state index in [1.807, 2.05) is 26.1 Å². The molecule has 21 heavy (non-hydrogen) atoms. The van der Waals surface area contributed by atoms with Crippen molar-refractivity contribution in [1.29, 1.82) is 0 Å². The largest absolute Gasteiger partial charge is 0.350 e. The van der Waals surface area contributed by atoms with E-state index in [-0.39, 0.29) is 17.7 Å². The number of piperidine rings is 2. The van der Waals surface area contributed by atoms with Crippen LogP contribution in [0.15, 0.2) is 30.5 Å². The van der Waals surface area contributed by atoms with Crippen LogP contribution in [0.4, 0.5) is 0 Å². The second-order valence-electron chi connectivity index (χ2n) is 6.31. The minimum atomic E-state index is -0.634. The number of hydrogen-bond acceptors (Lipinski definition) is 2. The molecule has 5 heteroatoms. The first-order chi connectivity index (χ1) is 9.98. The van der Waals surface area contributed by atoms with Crippen LogP contribution in [0.5, 0.6) is 0 Å². The maximum absolute atomic E-state index is 12.2. The summed E-state index contributed by atoms with van der Waals surface area (Å²) >= 11 is 0. The number of rotatable bonds is 1. The predicted octanol–water partition coefficient (Wildman–Crippen LogP) is 1.24. The Labute approximate surface area is 122 Å². The van der Waals surface area contributed by atoms with Crippen LogP contribution in [0.3, 0.4) is 0 Å². The summed E-state index contributed by atoms with van der Waals surface area (Å²) in [4.78, 5) is 24.4. The van der Waals surface area contributed by atoms with E-state index in [9.17, 15) is 9.59 Å². The van der Waals surface area contributed by atoms with E-state index in [0.29, 0.717) is 0 Å². The quantitative estimate of drug-likeness (QED) is 0.774. The van der Waals surface area contributed by atoms with E-state index in [1.165, 1.54) is 0 Å². The SMILES string of the molecule is Cn1cc([C@H]2CC3(C)NC(=O)C2C(=O)N3)c2ccccc21. The van der Waals surface area contributed by atoms with E-state index >= 15 is 0 Å². The molecule has 0 radical (unpaired) electrons. The molecule has 5 nitrogen and oxygen atoms in total. The summed E-state index contributed by atoms with van der Waals surface area (Å²) in [5, 5.41) is 6.93. The van der Waals surface area contributed by atoms with Crippen molar-refractivity contribution in [3.8, 4) is 0 Å². The fraction of sp³-hybridized carbons (Fsp3) is 0.375. The Balaban J connectivity index is 1.89. The highest BCUT2D eigenvalue weighted by atomic mass is 16.2. The average molecular weight is 283 g/mol. The van der Waals surface area contributed by atoms with Crippen molar-refractivity contribution in [2.75, 3.05) is 0 Å². The molecule has 1 atom stereocenters. The number of hydrogen-bond donors (Lipinski definition) is 2. The van der Waals surface area contributed by atoms with Crippen LogP contribution in [0, 0.1) is 5.92 Å². The molecule has 0 aliphatic carbocycles. The number of nitrogens with one attached hydrogen (secondary N) is 2. The number of benzene rings is 1. The molecule has 1 aromatic heterocycles. The molecule has 3 aliphatic rings. The van der Waals surface area contributed by atoms with Crippen molar-refractivity contribution in [2.45, 2.75) is 24.9 Å². The number of aromatic nitrogens is 1. The van der Waals surface area contributed by atoms with Gasteiger partial charge >= 0.3 is 0 Å². The lowest BCUT2D eigenvalue weighted by Crippen LogP contribution is -2.72. The second-order valence-corrected chi connectivity index (χ2v) is 6.31. The van der Waals surface area contributed by atoms with E-state index in [0.717, 1.165) is 22.9 Å². The molecular formula is C16H17N3O2. The number of aryl methyl sites for hydroxylation is 1. The van der Waals surface area contributed by atoms with Gasteiger partial charge in [-0.15, -0.1) is 0 Å². The maximum Gasteiger partial charge on any atom is 0.235 e. The van der Waals surface area contributed by atoms with Crippen molar-refractivity contribution in [3.05, 3.63) is 36.0 Å². The molecule has 0 saturated carbocycles. The Kier molecular flexibility index (Phi) is 2.29. The zero-order valence-corrected chi connectivity index (χ0v) is 12.0. The molecular weight excluding hydrogens is 266 g/mol. The van der Waals surface area contributed by atoms with Crippen LogP contribution in [-0.2, 0) is 16.6 Å². The lowest BCUT2D eigenvalue weighted by atomic mass is 9.72. The molecule has 0 unspecified atom stereocenters. The molecule has 1 aromatic carbocycles. The summed E-state index contributed by atoms with van der Waals surface area (Å²) in [6, 6.07) is 8.11. The first-order valence-electron chi connectivity index (χ1n) is 7.16. The molecule has 2 N–H and O–H groups in total. The Morgan fingerprint density at radius 3 is 2.52 bits per heavy atom. The van der Waals surface area contributed by atoms with Crippen molar-refractivity contribution in [1.82, 2.24) is 15.2 Å². The molecule has 2 aromatic rings. The number of carbonyl (C=O) groups excluding carboxylic acids is 2. The van der Waals surface area contributed by atoms with Crippen LogP contribution >= 0.6 is 0 Å². The molecule has 2 bridgehead atoms. The molecule has 108 valence electrons. The van der Waals surface area contributed by atoms with Crippen LogP contribution < -0.4 is 10.6 Å². The monoisotopic (exact) mass is 283 g/mol. The summed E-state index contributed by atoms with van der Waals surface area (Å²) in [7, 11) is 1.99. The molecule has 4 heterocycles. The summed E-state index contributed by atoms with van der Waals surface area (Å²) in [6.45, 7) is 1.87. The number of nitrogens with zero attached hydrogens (tertiary/aromatic N) is 1. The predicted molar refractivity (Wildman–Crippen MR) is 78.5 cm³/mol. The fourth-order valence-electron chi connectivity index (χ4n) is 3.83. The maximum atomic E-state index is 12.2. The Bertz CT molecular complexity index is 759. The molecule has 0 spiro atoms. The van der Waals surface area contributed by atoms with Crippen molar-refractivity contribution in [3.63, 3.8) is 0 Å². The Hall–Kier alpha value is -2.30. The molecule has 5 rings (SSSR count). The normalized spacial score (nSPS) is 31.3. The summed E-state index contributed by atoms with van der Waals surface area (Å²) in [5.41, 5.74) is 1.58. The van der Waals surface area contributed by atoms with E-state index in [1.54, 1.807) is 0 Å². The number of amides is 2. The van der Waals surface area contributed by atoms with Gasteiger partial charge in [0.1, 0.15) is 11.6 Å². The van der Waals surface area contributed by atoms with E-state index < -0.39 is 11.6 Å². The highest BCUT2D eigenvalue weighted by molar-refractivity contribution is 6.05. The average Bonchev–Trinajstić information content (AvgIpc) is 2.75. The van der Waals surface area contributed by atoms with Gasteiger partial charge < -0.3 is 15.2 Å². The first-order valence-corrected chi connectivity index (χ1v) is 7.16. The Morgan fingerprint density at radius 1 is 1.19 bits per heavy atom. The van der Waals surface area contributed by atoms with Gasteiger partial charge in [0.2, 0.25) is 11.8 Å². The van der Waals surface area contributed by atoms with Gasteiger partial charge in [-0.05, 0) is 25.0 Å². The third-order valence-electron chi connectivity index (χ3n) is 4.72. The topological polar surface area (TPSA) is 63.1 Å². The van der Waals surface area contributed by atoms with E-state index in [4.69, 9.17) is 0 Å². The van der Waals surface area contributed by atoms with Crippen LogP contribution in [0.1, 0.15) is 24.8 Å². The summed E-state index contributed by atoms with van der Waals surface area (Å²) in [5.74, 6) is -1.02. The van der Waals surface area contributed by atoms with Gasteiger partial charge in [0, 0.05) is 30.1 Å². The van der Waals surface area contributed by atoms with Crippen molar-refractivity contribution in [2.24, 2.45) is 13.0 Å². The zero-order valence-electron chi connectivity index (χ0n) is 12.0. The van der Waals surface area contributed by atoms with Gasteiger partial charge in [-0.3, -0.25) is 9.59 Å². The summed E-state index contributed by atoms with van der Waals surface area (Å²) in [6.07, 6.45) is 2.78. The smallest absolute Gasteiger partial charge is 0.235 e. The van der Waals surface area contributed by atoms with Gasteiger partial charge in [0.15, 0.2) is 0 Å². The zero-order chi connectivity index (χ0) is 14.8. The van der Waals surface area contributed by atoms with Crippen LogP contribution in [0.2, 0.25) is 0 Å². The second kappa shape index (κ2) is 3.87. The highest BCUT2D eigenvalue weighted by Gasteiger charge is 2.53. The molecule has 2 amide bonds. The third-order valence-corrected chi connectivity index (χ3v) is 4.72. The standard InChI is InChI=1S/C16H17N3O2/c1-16-7-10(13(14(20)17-16)15(21)18-16)11-8-19(2)12-6-4-3-5-9(11)12/h3-6,8,10,13H,7H2,1-2H3,(H,17,20)(H,18,21)/t10-,13?,16?/m1/s1. The molecule has 3 saturated heterocycles. The number of carbonyl (C=O) groups is 2. The van der Waals surface area contributed by atoms with Crippen molar-refractivity contribution >= 4 is 22.7 Å². The van der Waals surface area contributed by atoms with Gasteiger partial charge in [0.25, 0.3) is 0 Å². The minimum Gasteiger partial charge on any atom is -0.350 e. The van der Waals surface area contributed by atoms with Gasteiger partial charge in [-0.1, -0.05) is 18.2 Å². The van der Waals surface area contributed by atoms with Gasteiger partial charge in [0.05, 0.1) is 0 Å². The van der Waals surface area contributed by atoms with Crippen LogP contribution in [0.25, 0.3) is 10.9 Å². The number of fused-ring (bicyclic) bond motifs is 4. The lowest BCUT2D eigenvalue weighted by Gasteiger charge is -2.48. The Morgan fingerprint density at radius 2 is 1.86 bits per heavy atom. The minimum absolute atomic E-state index is 0.0661. The van der Waals surface area contributed by atoms with Crippen molar-refractivity contribution < 1.29 is 9.59 Å². The van der Waals surface area contributed by atoms with E-state index in [2.05, 4.69) is 33.5 Å². The fourth-order valence-corrected chi connectivity index (χ4v) is 3.83. The highest BCUT2D eigenvalue weighted by Crippen LogP contribution is 2.43. The molecule has 3 fully saturated rings.